The number of phenolic OH excluding ortho intramolecular Hbond substituents is 3. The smallest absolute Gasteiger partial charge is 0.150 e. The van der Waals surface area contributed by atoms with Crippen molar-refractivity contribution in [3.05, 3.63) is 53.6 Å². The number of allylic oxidation sites excluding steroid dienone is 1. The highest BCUT2D eigenvalue weighted by Gasteiger charge is 2.03. The second-order valence-electron chi connectivity index (χ2n) is 4.05. The highest BCUT2D eigenvalue weighted by Crippen LogP contribution is 2.24. The first-order valence-electron chi connectivity index (χ1n) is 5.58. The van der Waals surface area contributed by atoms with Gasteiger partial charge < -0.3 is 15.3 Å². The normalized spacial score (nSPS) is 11.3. The largest absolute Gasteiger partial charge is 0.508 e. The maximum atomic E-state index is 11.1. The quantitative estimate of drug-likeness (QED) is 0.448. The molecule has 0 unspecified atom stereocenters. The molecule has 0 spiro atoms. The predicted molar refractivity (Wildman–Crippen MR) is 71.8 cm³/mol. The van der Waals surface area contributed by atoms with Crippen molar-refractivity contribution in [3.8, 4) is 17.2 Å². The van der Waals surface area contributed by atoms with Crippen LogP contribution in [0.4, 0.5) is 0 Å². The van der Waals surface area contributed by atoms with Crippen molar-refractivity contribution in [3.63, 3.8) is 0 Å². The van der Waals surface area contributed by atoms with Gasteiger partial charge in [0.15, 0.2) is 6.29 Å². The van der Waals surface area contributed by atoms with Crippen molar-refractivity contribution in [2.24, 2.45) is 0 Å². The van der Waals surface area contributed by atoms with E-state index in [1.165, 1.54) is 30.3 Å². The molecule has 3 N–H and O–H groups in total. The molecule has 0 aromatic heterocycles. The van der Waals surface area contributed by atoms with Crippen LogP contribution in [0.2, 0.25) is 0 Å². The monoisotopic (exact) mass is 256 g/mol. The third-order valence-corrected chi connectivity index (χ3v) is 2.57. The van der Waals surface area contributed by atoms with Crippen LogP contribution in [-0.4, -0.2) is 21.6 Å². The summed E-state index contributed by atoms with van der Waals surface area (Å²) in [4.78, 5) is 11.1. The Morgan fingerprint density at radius 2 is 1.42 bits per heavy atom. The molecule has 2 aromatic rings. The fourth-order valence-electron chi connectivity index (χ4n) is 1.72. The summed E-state index contributed by atoms with van der Waals surface area (Å²) in [7, 11) is 0. The van der Waals surface area contributed by atoms with Gasteiger partial charge in [0.25, 0.3) is 0 Å². The van der Waals surface area contributed by atoms with Crippen LogP contribution in [0.15, 0.2) is 42.5 Å². The zero-order valence-electron chi connectivity index (χ0n) is 9.95. The first-order chi connectivity index (χ1) is 9.08. The molecule has 0 saturated carbocycles. The molecule has 0 saturated heterocycles. The fourth-order valence-corrected chi connectivity index (χ4v) is 1.72. The van der Waals surface area contributed by atoms with E-state index in [9.17, 15) is 20.1 Å². The van der Waals surface area contributed by atoms with Gasteiger partial charge in [0.2, 0.25) is 0 Å². The van der Waals surface area contributed by atoms with E-state index in [2.05, 4.69) is 0 Å². The van der Waals surface area contributed by atoms with Crippen LogP contribution in [0, 0.1) is 0 Å². The summed E-state index contributed by atoms with van der Waals surface area (Å²) in [6.45, 7) is 0. The minimum Gasteiger partial charge on any atom is -0.508 e. The Hall–Kier alpha value is -2.75. The maximum absolute atomic E-state index is 11.1. The average Bonchev–Trinajstić information content (AvgIpc) is 2.36. The third-order valence-electron chi connectivity index (χ3n) is 2.57. The van der Waals surface area contributed by atoms with Gasteiger partial charge in [-0.2, -0.15) is 0 Å². The maximum Gasteiger partial charge on any atom is 0.150 e. The molecule has 0 aliphatic heterocycles. The van der Waals surface area contributed by atoms with E-state index in [0.717, 1.165) is 0 Å². The zero-order valence-corrected chi connectivity index (χ0v) is 9.95. The minimum atomic E-state index is -0.0813. The van der Waals surface area contributed by atoms with Crippen LogP contribution < -0.4 is 0 Å². The van der Waals surface area contributed by atoms with Crippen LogP contribution in [0.5, 0.6) is 17.2 Å². The Morgan fingerprint density at radius 3 is 1.95 bits per heavy atom. The number of aromatic hydroxyl groups is 3. The predicted octanol–water partition coefficient (Wildman–Crippen LogP) is 2.54. The number of carbonyl (C=O) groups is 1. The standard InChI is InChI=1S/C15H12O4/c16-9-12(11-1-3-13(17)4-2-11)5-10-6-14(18)8-15(19)7-10/h1-9,17-19H/b12-5-. The first kappa shape index (κ1) is 12.7. The van der Waals surface area contributed by atoms with E-state index in [4.69, 9.17) is 0 Å². The molecule has 0 aliphatic carbocycles. The van der Waals surface area contributed by atoms with E-state index >= 15 is 0 Å². The highest BCUT2D eigenvalue weighted by atomic mass is 16.3. The van der Waals surface area contributed by atoms with Crippen molar-refractivity contribution in [1.82, 2.24) is 0 Å². The second-order valence-corrected chi connectivity index (χ2v) is 4.05. The third kappa shape index (κ3) is 3.13. The minimum absolute atomic E-state index is 0.0813. The SMILES string of the molecule is O=C/C(=C/c1cc(O)cc(O)c1)c1ccc(O)cc1. The van der Waals surface area contributed by atoms with E-state index in [-0.39, 0.29) is 17.2 Å². The van der Waals surface area contributed by atoms with Crippen molar-refractivity contribution in [1.29, 1.82) is 0 Å². The molecule has 19 heavy (non-hydrogen) atoms. The van der Waals surface area contributed by atoms with E-state index in [0.29, 0.717) is 23.0 Å². The Labute approximate surface area is 109 Å². The first-order valence-corrected chi connectivity index (χ1v) is 5.58. The molecular formula is C15H12O4. The lowest BCUT2D eigenvalue weighted by Crippen LogP contribution is -1.86. The van der Waals surface area contributed by atoms with Gasteiger partial charge in [-0.25, -0.2) is 0 Å². The number of phenols is 3. The number of carbonyl (C=O) groups excluding carboxylic acids is 1. The number of rotatable bonds is 3. The molecule has 0 heterocycles. The van der Waals surface area contributed by atoms with E-state index in [1.807, 2.05) is 0 Å². The van der Waals surface area contributed by atoms with Gasteiger partial charge in [-0.3, -0.25) is 4.79 Å². The molecule has 2 aromatic carbocycles. The molecule has 2 rings (SSSR count). The summed E-state index contributed by atoms with van der Waals surface area (Å²) >= 11 is 0. The number of aldehydes is 1. The molecule has 0 atom stereocenters. The van der Waals surface area contributed by atoms with Crippen molar-refractivity contribution in [2.75, 3.05) is 0 Å². The summed E-state index contributed by atoms with van der Waals surface area (Å²) in [6, 6.07) is 10.3. The lowest BCUT2D eigenvalue weighted by atomic mass is 10.0. The Balaban J connectivity index is 2.43. The molecule has 0 aliphatic rings. The van der Waals surface area contributed by atoms with Crippen molar-refractivity contribution < 1.29 is 20.1 Å². The molecule has 0 fully saturated rings. The molecule has 4 heteroatoms. The summed E-state index contributed by atoms with van der Waals surface area (Å²) in [5, 5.41) is 28.0. The van der Waals surface area contributed by atoms with Crippen molar-refractivity contribution >= 4 is 17.9 Å². The molecule has 0 amide bonds. The number of benzene rings is 2. The average molecular weight is 256 g/mol. The van der Waals surface area contributed by atoms with E-state index < -0.39 is 0 Å². The Bertz CT molecular complexity index is 607. The molecule has 96 valence electrons. The topological polar surface area (TPSA) is 77.8 Å². The van der Waals surface area contributed by atoms with Gasteiger partial charge in [-0.1, -0.05) is 12.1 Å². The van der Waals surface area contributed by atoms with Crippen molar-refractivity contribution in [2.45, 2.75) is 0 Å². The molecular weight excluding hydrogens is 244 g/mol. The molecule has 0 bridgehead atoms. The summed E-state index contributed by atoms with van der Waals surface area (Å²) in [5.41, 5.74) is 1.52. The highest BCUT2D eigenvalue weighted by molar-refractivity contribution is 6.13. The second kappa shape index (κ2) is 5.27. The van der Waals surface area contributed by atoms with Gasteiger partial charge in [-0.05, 0) is 41.5 Å². The van der Waals surface area contributed by atoms with E-state index in [1.54, 1.807) is 18.2 Å². The van der Waals surface area contributed by atoms with Crippen LogP contribution in [-0.2, 0) is 4.79 Å². The van der Waals surface area contributed by atoms with Crippen LogP contribution >= 0.6 is 0 Å². The molecule has 0 radical (unpaired) electrons. The lowest BCUT2D eigenvalue weighted by molar-refractivity contribution is -0.103. The summed E-state index contributed by atoms with van der Waals surface area (Å²) in [5.74, 6) is -0.0478. The zero-order chi connectivity index (χ0) is 13.8. The van der Waals surface area contributed by atoms with Gasteiger partial charge >= 0.3 is 0 Å². The van der Waals surface area contributed by atoms with Crippen LogP contribution in [0.3, 0.4) is 0 Å². The number of hydrogen-bond acceptors (Lipinski definition) is 4. The van der Waals surface area contributed by atoms with Gasteiger partial charge in [-0.15, -0.1) is 0 Å². The Kier molecular flexibility index (Phi) is 3.52. The van der Waals surface area contributed by atoms with Crippen LogP contribution in [0.1, 0.15) is 11.1 Å². The summed E-state index contributed by atoms with van der Waals surface area (Å²) in [6.07, 6.45) is 2.21. The van der Waals surface area contributed by atoms with Gasteiger partial charge in [0, 0.05) is 11.6 Å². The van der Waals surface area contributed by atoms with Gasteiger partial charge in [0.1, 0.15) is 17.2 Å². The molecule has 4 nitrogen and oxygen atoms in total. The number of hydrogen-bond donors (Lipinski definition) is 3. The van der Waals surface area contributed by atoms with Gasteiger partial charge in [0.05, 0.1) is 0 Å². The lowest BCUT2D eigenvalue weighted by Gasteiger charge is -2.03. The van der Waals surface area contributed by atoms with Crippen LogP contribution in [0.25, 0.3) is 11.6 Å². The Morgan fingerprint density at radius 1 is 0.842 bits per heavy atom. The fraction of sp³-hybridized carbons (Fsp3) is 0. The summed E-state index contributed by atoms with van der Waals surface area (Å²) < 4.78 is 0.